The fourth-order valence-corrected chi connectivity index (χ4v) is 3.98. The number of aryl methyl sites for hydroxylation is 1. The molecule has 1 aliphatic rings. The Bertz CT molecular complexity index is 920. The van der Waals surface area contributed by atoms with Gasteiger partial charge in [0.2, 0.25) is 5.91 Å². The Morgan fingerprint density at radius 1 is 1.15 bits per heavy atom. The van der Waals surface area contributed by atoms with Crippen molar-refractivity contribution in [1.29, 1.82) is 0 Å². The zero-order chi connectivity index (χ0) is 18.6. The number of amides is 1. The van der Waals surface area contributed by atoms with Gasteiger partial charge >= 0.3 is 0 Å². The molecular weight excluding hydrogens is 334 g/mol. The van der Waals surface area contributed by atoms with Gasteiger partial charge in [0.1, 0.15) is 5.65 Å². The second kappa shape index (κ2) is 7.95. The highest BCUT2D eigenvalue weighted by atomic mass is 16.1. The van der Waals surface area contributed by atoms with Gasteiger partial charge in [-0.1, -0.05) is 44.2 Å². The Hall–Kier alpha value is -2.62. The summed E-state index contributed by atoms with van der Waals surface area (Å²) in [5, 5.41) is 3.03. The fourth-order valence-electron chi connectivity index (χ4n) is 3.98. The SMILES string of the molecule is Cc1ccn2cc(-c3ccc(NC(=O)CCC4CCCCC4)cc3)nc2c1. The van der Waals surface area contributed by atoms with Crippen LogP contribution in [0.1, 0.15) is 50.5 Å². The summed E-state index contributed by atoms with van der Waals surface area (Å²) in [4.78, 5) is 16.9. The predicted octanol–water partition coefficient (Wildman–Crippen LogP) is 5.61. The maximum absolute atomic E-state index is 12.2. The van der Waals surface area contributed by atoms with E-state index in [0.717, 1.165) is 34.9 Å². The minimum Gasteiger partial charge on any atom is -0.326 e. The number of nitrogens with one attached hydrogen (secondary N) is 1. The number of carbonyl (C=O) groups is 1. The molecule has 4 rings (SSSR count). The van der Waals surface area contributed by atoms with Crippen molar-refractivity contribution in [2.24, 2.45) is 5.92 Å². The van der Waals surface area contributed by atoms with Crippen molar-refractivity contribution in [3.8, 4) is 11.3 Å². The first kappa shape index (κ1) is 17.8. The van der Waals surface area contributed by atoms with E-state index < -0.39 is 0 Å². The van der Waals surface area contributed by atoms with Crippen LogP contribution in [-0.4, -0.2) is 15.3 Å². The van der Waals surface area contributed by atoms with Crippen LogP contribution in [0.2, 0.25) is 0 Å². The van der Waals surface area contributed by atoms with Gasteiger partial charge in [-0.25, -0.2) is 4.98 Å². The van der Waals surface area contributed by atoms with Crippen molar-refractivity contribution >= 4 is 17.2 Å². The summed E-state index contributed by atoms with van der Waals surface area (Å²) >= 11 is 0. The molecule has 0 bridgehead atoms. The van der Waals surface area contributed by atoms with Crippen LogP contribution in [0, 0.1) is 12.8 Å². The molecule has 1 aromatic carbocycles. The first-order valence-corrected chi connectivity index (χ1v) is 10.0. The largest absolute Gasteiger partial charge is 0.326 e. The van der Waals surface area contributed by atoms with E-state index in [1.54, 1.807) is 0 Å². The third-order valence-electron chi connectivity index (χ3n) is 5.58. The van der Waals surface area contributed by atoms with Crippen LogP contribution < -0.4 is 5.32 Å². The lowest BCUT2D eigenvalue weighted by Crippen LogP contribution is -2.14. The maximum atomic E-state index is 12.2. The minimum absolute atomic E-state index is 0.122. The monoisotopic (exact) mass is 361 g/mol. The first-order chi connectivity index (χ1) is 13.2. The molecule has 1 saturated carbocycles. The molecular formula is C23H27N3O. The lowest BCUT2D eigenvalue weighted by molar-refractivity contribution is -0.116. The van der Waals surface area contributed by atoms with E-state index in [4.69, 9.17) is 4.98 Å². The maximum Gasteiger partial charge on any atom is 0.224 e. The quantitative estimate of drug-likeness (QED) is 0.642. The van der Waals surface area contributed by atoms with E-state index in [2.05, 4.69) is 24.4 Å². The van der Waals surface area contributed by atoms with Crippen molar-refractivity contribution in [1.82, 2.24) is 9.38 Å². The zero-order valence-electron chi connectivity index (χ0n) is 15.9. The molecule has 0 unspecified atom stereocenters. The van der Waals surface area contributed by atoms with Gasteiger partial charge in [-0.15, -0.1) is 0 Å². The van der Waals surface area contributed by atoms with Gasteiger partial charge in [0.05, 0.1) is 5.69 Å². The zero-order valence-corrected chi connectivity index (χ0v) is 15.9. The van der Waals surface area contributed by atoms with Gasteiger partial charge in [0.25, 0.3) is 0 Å². The summed E-state index contributed by atoms with van der Waals surface area (Å²) in [5.74, 6) is 0.863. The summed E-state index contributed by atoms with van der Waals surface area (Å²) in [6.07, 6.45) is 12.3. The summed E-state index contributed by atoms with van der Waals surface area (Å²) in [6.45, 7) is 2.07. The van der Waals surface area contributed by atoms with Crippen LogP contribution >= 0.6 is 0 Å². The second-order valence-electron chi connectivity index (χ2n) is 7.76. The van der Waals surface area contributed by atoms with Gasteiger partial charge in [0, 0.05) is 30.1 Å². The molecule has 0 aliphatic heterocycles. The molecule has 0 radical (unpaired) electrons. The second-order valence-corrected chi connectivity index (χ2v) is 7.76. The third-order valence-corrected chi connectivity index (χ3v) is 5.58. The number of pyridine rings is 1. The molecule has 2 aromatic heterocycles. The number of rotatable bonds is 5. The van der Waals surface area contributed by atoms with Gasteiger partial charge < -0.3 is 9.72 Å². The molecule has 1 fully saturated rings. The number of aromatic nitrogens is 2. The van der Waals surface area contributed by atoms with Gasteiger partial charge in [-0.05, 0) is 49.1 Å². The Morgan fingerprint density at radius 2 is 1.93 bits per heavy atom. The molecule has 140 valence electrons. The Morgan fingerprint density at radius 3 is 2.70 bits per heavy atom. The molecule has 27 heavy (non-hydrogen) atoms. The standard InChI is InChI=1S/C23H27N3O/c1-17-13-14-26-16-21(25-22(26)15-17)19-8-10-20(11-9-19)24-23(27)12-7-18-5-3-2-4-6-18/h8-11,13-16,18H,2-7,12H2,1H3,(H,24,27). The average Bonchev–Trinajstić information content (AvgIpc) is 3.11. The number of nitrogens with zero attached hydrogens (tertiary/aromatic N) is 2. The van der Waals surface area contributed by atoms with Crippen molar-refractivity contribution in [2.45, 2.75) is 51.9 Å². The van der Waals surface area contributed by atoms with Crippen molar-refractivity contribution < 1.29 is 4.79 Å². The summed E-state index contributed by atoms with van der Waals surface area (Å²) < 4.78 is 2.03. The number of fused-ring (bicyclic) bond motifs is 1. The van der Waals surface area contributed by atoms with Crippen LogP contribution in [-0.2, 0) is 4.79 Å². The number of benzene rings is 1. The van der Waals surface area contributed by atoms with Crippen LogP contribution in [0.3, 0.4) is 0 Å². The smallest absolute Gasteiger partial charge is 0.224 e. The number of imidazole rings is 1. The number of anilines is 1. The van der Waals surface area contributed by atoms with E-state index in [9.17, 15) is 4.79 Å². The number of carbonyl (C=O) groups excluding carboxylic acids is 1. The highest BCUT2D eigenvalue weighted by Crippen LogP contribution is 2.27. The van der Waals surface area contributed by atoms with Crippen LogP contribution in [0.4, 0.5) is 5.69 Å². The number of hydrogen-bond donors (Lipinski definition) is 1. The van der Waals surface area contributed by atoms with Crippen LogP contribution in [0.5, 0.6) is 0 Å². The minimum atomic E-state index is 0.122. The molecule has 0 saturated heterocycles. The molecule has 4 heteroatoms. The predicted molar refractivity (Wildman–Crippen MR) is 110 cm³/mol. The molecule has 1 amide bonds. The average molecular weight is 361 g/mol. The van der Waals surface area contributed by atoms with Crippen molar-refractivity contribution in [2.75, 3.05) is 5.32 Å². The molecule has 3 aromatic rings. The molecule has 0 spiro atoms. The topological polar surface area (TPSA) is 46.4 Å². The van der Waals surface area contributed by atoms with Crippen molar-refractivity contribution in [3.05, 3.63) is 54.4 Å². The Balaban J connectivity index is 1.37. The molecule has 0 atom stereocenters. The lowest BCUT2D eigenvalue weighted by atomic mass is 9.86. The molecule has 2 heterocycles. The van der Waals surface area contributed by atoms with Gasteiger partial charge in [-0.2, -0.15) is 0 Å². The number of hydrogen-bond acceptors (Lipinski definition) is 2. The van der Waals surface area contributed by atoms with E-state index in [1.165, 1.54) is 37.7 Å². The highest BCUT2D eigenvalue weighted by Gasteiger charge is 2.15. The highest BCUT2D eigenvalue weighted by molar-refractivity contribution is 5.90. The molecule has 4 nitrogen and oxygen atoms in total. The van der Waals surface area contributed by atoms with E-state index >= 15 is 0 Å². The Kier molecular flexibility index (Phi) is 5.23. The molecule has 1 aliphatic carbocycles. The lowest BCUT2D eigenvalue weighted by Gasteiger charge is -2.21. The summed E-state index contributed by atoms with van der Waals surface area (Å²) in [5.41, 5.74) is 5.00. The van der Waals surface area contributed by atoms with E-state index in [0.29, 0.717) is 6.42 Å². The van der Waals surface area contributed by atoms with Crippen molar-refractivity contribution in [3.63, 3.8) is 0 Å². The van der Waals surface area contributed by atoms with Crippen LogP contribution in [0.15, 0.2) is 48.8 Å². The fraction of sp³-hybridized carbons (Fsp3) is 0.391. The van der Waals surface area contributed by atoms with Gasteiger partial charge in [-0.3, -0.25) is 4.79 Å². The normalized spacial score (nSPS) is 15.1. The van der Waals surface area contributed by atoms with Crippen LogP contribution in [0.25, 0.3) is 16.9 Å². The Labute approximate surface area is 160 Å². The van der Waals surface area contributed by atoms with Gasteiger partial charge in [0.15, 0.2) is 0 Å². The summed E-state index contributed by atoms with van der Waals surface area (Å²) in [6, 6.07) is 12.1. The third kappa shape index (κ3) is 4.38. The first-order valence-electron chi connectivity index (χ1n) is 10.0. The van der Waals surface area contributed by atoms with E-state index in [-0.39, 0.29) is 5.91 Å². The summed E-state index contributed by atoms with van der Waals surface area (Å²) in [7, 11) is 0. The molecule has 1 N–H and O–H groups in total. The van der Waals surface area contributed by atoms with E-state index in [1.807, 2.05) is 41.1 Å².